The van der Waals surface area contributed by atoms with E-state index in [9.17, 15) is 4.79 Å². The molecule has 0 atom stereocenters. The molecule has 3 rings (SSSR count). The second kappa shape index (κ2) is 5.37. The molecule has 0 N–H and O–H groups in total. The van der Waals surface area contributed by atoms with Crippen molar-refractivity contribution in [2.75, 3.05) is 6.73 Å². The first-order valence-corrected chi connectivity index (χ1v) is 7.27. The van der Waals surface area contributed by atoms with Crippen LogP contribution < -0.4 is 0 Å². The molecular formula is C18H19NO3. The van der Waals surface area contributed by atoms with Gasteiger partial charge in [-0.3, -0.25) is 9.69 Å². The van der Waals surface area contributed by atoms with Gasteiger partial charge in [-0.1, -0.05) is 30.3 Å². The average Bonchev–Trinajstić information content (AvgIpc) is 3.02. The highest BCUT2D eigenvalue weighted by molar-refractivity contribution is 6.19. The Hall–Kier alpha value is -2.49. The fraction of sp³-hybridized carbons (Fsp3) is 0.278. The second-order valence-corrected chi connectivity index (χ2v) is 5.84. The minimum atomic E-state index is -0.475. The lowest BCUT2D eigenvalue weighted by Gasteiger charge is -2.41. The van der Waals surface area contributed by atoms with Crippen LogP contribution in [0.1, 0.15) is 32.1 Å². The number of amides is 1. The molecule has 114 valence electrons. The van der Waals surface area contributed by atoms with E-state index in [1.807, 2.05) is 44.2 Å². The summed E-state index contributed by atoms with van der Waals surface area (Å²) in [6, 6.07) is 13.5. The first-order chi connectivity index (χ1) is 10.5. The van der Waals surface area contributed by atoms with E-state index in [0.29, 0.717) is 17.1 Å². The molecular weight excluding hydrogens is 278 g/mol. The Morgan fingerprint density at radius 2 is 1.82 bits per heavy atom. The molecule has 0 unspecified atom stereocenters. The maximum absolute atomic E-state index is 13.0. The van der Waals surface area contributed by atoms with Crippen molar-refractivity contribution >= 4 is 11.5 Å². The van der Waals surface area contributed by atoms with Gasteiger partial charge in [-0.05, 0) is 38.5 Å². The van der Waals surface area contributed by atoms with E-state index in [4.69, 9.17) is 9.15 Å². The Bertz CT molecular complexity index is 699. The van der Waals surface area contributed by atoms with Gasteiger partial charge in [0.25, 0.3) is 5.91 Å². The number of hydrogen-bond acceptors (Lipinski definition) is 3. The molecule has 0 saturated carbocycles. The molecule has 2 aromatic rings. The van der Waals surface area contributed by atoms with E-state index in [2.05, 4.69) is 0 Å². The summed E-state index contributed by atoms with van der Waals surface area (Å²) in [5.41, 5.74) is 1.07. The minimum Gasteiger partial charge on any atom is -0.477 e. The first-order valence-electron chi connectivity index (χ1n) is 7.27. The Morgan fingerprint density at radius 3 is 2.45 bits per heavy atom. The van der Waals surface area contributed by atoms with Crippen molar-refractivity contribution in [2.24, 2.45) is 0 Å². The van der Waals surface area contributed by atoms with Crippen LogP contribution >= 0.6 is 0 Å². The van der Waals surface area contributed by atoms with Crippen LogP contribution in [0.15, 0.2) is 58.9 Å². The van der Waals surface area contributed by atoms with E-state index < -0.39 is 5.54 Å². The largest absolute Gasteiger partial charge is 0.477 e. The standard InChI is InChI=1S/C18H19NO3/c1-13-16(15-10-7-11-21-15)17(20)19(12-22-13)18(2,3)14-8-5-4-6-9-14/h4-11H,12H2,1-3H3. The molecule has 0 bridgehead atoms. The van der Waals surface area contributed by atoms with Crippen LogP contribution in [0.25, 0.3) is 5.57 Å². The number of furan rings is 1. The summed E-state index contributed by atoms with van der Waals surface area (Å²) in [4.78, 5) is 14.7. The van der Waals surface area contributed by atoms with Crippen molar-refractivity contribution in [2.45, 2.75) is 26.3 Å². The number of rotatable bonds is 3. The van der Waals surface area contributed by atoms with E-state index in [1.54, 1.807) is 30.2 Å². The van der Waals surface area contributed by atoms with Crippen molar-refractivity contribution in [1.29, 1.82) is 0 Å². The molecule has 1 aliphatic heterocycles. The number of allylic oxidation sites excluding steroid dienone is 1. The normalized spacial score (nSPS) is 16.0. The third-order valence-electron chi connectivity index (χ3n) is 4.14. The fourth-order valence-corrected chi connectivity index (χ4v) is 2.69. The molecule has 2 heterocycles. The Morgan fingerprint density at radius 1 is 1.09 bits per heavy atom. The van der Waals surface area contributed by atoms with Crippen LogP contribution in [0.5, 0.6) is 0 Å². The zero-order valence-electron chi connectivity index (χ0n) is 13.0. The van der Waals surface area contributed by atoms with E-state index in [0.717, 1.165) is 5.56 Å². The van der Waals surface area contributed by atoms with Gasteiger partial charge in [0.15, 0.2) is 6.73 Å². The van der Waals surface area contributed by atoms with Crippen LogP contribution in [-0.2, 0) is 15.1 Å². The summed E-state index contributed by atoms with van der Waals surface area (Å²) in [6.45, 7) is 6.06. The summed E-state index contributed by atoms with van der Waals surface area (Å²) < 4.78 is 11.1. The molecule has 0 spiro atoms. The lowest BCUT2D eigenvalue weighted by molar-refractivity contribution is -0.139. The Balaban J connectivity index is 1.99. The summed E-state index contributed by atoms with van der Waals surface area (Å²) in [5.74, 6) is 1.06. The molecule has 4 nitrogen and oxygen atoms in total. The predicted octanol–water partition coefficient (Wildman–Crippen LogP) is 3.76. The summed E-state index contributed by atoms with van der Waals surface area (Å²) in [6.07, 6.45) is 1.56. The molecule has 1 aromatic carbocycles. The number of hydrogen-bond donors (Lipinski definition) is 0. The monoisotopic (exact) mass is 297 g/mol. The topological polar surface area (TPSA) is 42.7 Å². The first kappa shape index (κ1) is 14.4. The van der Waals surface area contributed by atoms with Crippen molar-refractivity contribution in [3.63, 3.8) is 0 Å². The molecule has 0 radical (unpaired) electrons. The maximum Gasteiger partial charge on any atom is 0.264 e. The van der Waals surface area contributed by atoms with Gasteiger partial charge >= 0.3 is 0 Å². The molecule has 4 heteroatoms. The zero-order valence-corrected chi connectivity index (χ0v) is 13.0. The Kier molecular flexibility index (Phi) is 3.53. The van der Waals surface area contributed by atoms with Gasteiger partial charge in [-0.2, -0.15) is 0 Å². The molecule has 1 aromatic heterocycles. The maximum atomic E-state index is 13.0. The third kappa shape index (κ3) is 2.30. The molecule has 1 amide bonds. The van der Waals surface area contributed by atoms with Crippen LogP contribution in [0.3, 0.4) is 0 Å². The van der Waals surface area contributed by atoms with Gasteiger partial charge in [0.05, 0.1) is 11.8 Å². The fourth-order valence-electron chi connectivity index (χ4n) is 2.69. The van der Waals surface area contributed by atoms with Crippen LogP contribution in [0.2, 0.25) is 0 Å². The molecule has 1 aliphatic rings. The number of ether oxygens (including phenoxy) is 1. The third-order valence-corrected chi connectivity index (χ3v) is 4.14. The van der Waals surface area contributed by atoms with E-state index in [-0.39, 0.29) is 12.6 Å². The number of nitrogens with zero attached hydrogens (tertiary/aromatic N) is 1. The highest BCUT2D eigenvalue weighted by atomic mass is 16.5. The van der Waals surface area contributed by atoms with Crippen LogP contribution in [0.4, 0.5) is 0 Å². The second-order valence-electron chi connectivity index (χ2n) is 5.84. The summed E-state index contributed by atoms with van der Waals surface area (Å²) in [7, 11) is 0. The average molecular weight is 297 g/mol. The van der Waals surface area contributed by atoms with E-state index >= 15 is 0 Å². The molecule has 0 saturated heterocycles. The SMILES string of the molecule is CC1=C(c2ccco2)C(=O)N(C(C)(C)c2ccccc2)CO1. The van der Waals surface area contributed by atoms with Crippen molar-refractivity contribution in [3.05, 3.63) is 65.8 Å². The highest BCUT2D eigenvalue weighted by Gasteiger charge is 2.39. The quantitative estimate of drug-likeness (QED) is 0.866. The van der Waals surface area contributed by atoms with Crippen LogP contribution in [-0.4, -0.2) is 17.5 Å². The summed E-state index contributed by atoms with van der Waals surface area (Å²) >= 11 is 0. The minimum absolute atomic E-state index is 0.0763. The predicted molar refractivity (Wildman–Crippen MR) is 83.6 cm³/mol. The van der Waals surface area contributed by atoms with Gasteiger partial charge in [-0.25, -0.2) is 0 Å². The van der Waals surface area contributed by atoms with Gasteiger partial charge in [0.1, 0.15) is 17.1 Å². The number of benzene rings is 1. The summed E-state index contributed by atoms with van der Waals surface area (Å²) in [5, 5.41) is 0. The van der Waals surface area contributed by atoms with Gasteiger partial charge in [0, 0.05) is 0 Å². The van der Waals surface area contributed by atoms with Crippen LogP contribution in [0, 0.1) is 0 Å². The lowest BCUT2D eigenvalue weighted by Crippen LogP contribution is -2.49. The highest BCUT2D eigenvalue weighted by Crippen LogP contribution is 2.35. The van der Waals surface area contributed by atoms with E-state index in [1.165, 1.54) is 0 Å². The van der Waals surface area contributed by atoms with Gasteiger partial charge < -0.3 is 9.15 Å². The zero-order chi connectivity index (χ0) is 15.7. The smallest absolute Gasteiger partial charge is 0.264 e. The van der Waals surface area contributed by atoms with Gasteiger partial charge in [0.2, 0.25) is 0 Å². The van der Waals surface area contributed by atoms with Crippen molar-refractivity contribution in [1.82, 2.24) is 4.90 Å². The molecule has 22 heavy (non-hydrogen) atoms. The lowest BCUT2D eigenvalue weighted by atomic mass is 9.91. The van der Waals surface area contributed by atoms with Crippen molar-refractivity contribution in [3.8, 4) is 0 Å². The number of carbonyl (C=O) groups is 1. The molecule has 0 fully saturated rings. The molecule has 0 aliphatic carbocycles. The number of carbonyl (C=O) groups excluding carboxylic acids is 1. The van der Waals surface area contributed by atoms with Gasteiger partial charge in [-0.15, -0.1) is 0 Å². The Labute approximate surface area is 130 Å². The van der Waals surface area contributed by atoms with Crippen molar-refractivity contribution < 1.29 is 13.9 Å².